The summed E-state index contributed by atoms with van der Waals surface area (Å²) >= 11 is 0. The molecule has 0 unspecified atom stereocenters. The number of benzene rings is 8. The topological polar surface area (TPSA) is 145 Å². The molecule has 8 aromatic carbocycles. The van der Waals surface area contributed by atoms with Gasteiger partial charge in [-0.15, -0.1) is 12.4 Å². The van der Waals surface area contributed by atoms with E-state index in [0.717, 1.165) is 77.4 Å². The van der Waals surface area contributed by atoms with Crippen LogP contribution in [0.3, 0.4) is 0 Å². The van der Waals surface area contributed by atoms with E-state index in [-0.39, 0.29) is 35.8 Å². The fourth-order valence-electron chi connectivity index (χ4n) is 8.25. The number of fused-ring (bicyclic) bond motifs is 4. The molecule has 0 fully saturated rings. The van der Waals surface area contributed by atoms with Gasteiger partial charge in [0.25, 0.3) is 0 Å². The summed E-state index contributed by atoms with van der Waals surface area (Å²) in [6, 6.07) is 76.9. The number of phenolic OH excluding ortho intramolecular Hbond substituents is 2. The molecule has 4 heterocycles. The van der Waals surface area contributed by atoms with Crippen LogP contribution in [0, 0.1) is 11.8 Å². The Labute approximate surface area is 487 Å². The number of nitrogens with zero attached hydrogens (tertiary/aromatic N) is 4. The number of para-hydroxylation sites is 8. The molecule has 4 aromatic heterocycles. The van der Waals surface area contributed by atoms with Gasteiger partial charge in [-0.3, -0.25) is 9.59 Å². The van der Waals surface area contributed by atoms with E-state index in [4.69, 9.17) is 9.47 Å². The fourth-order valence-corrected chi connectivity index (χ4v) is 8.25. The highest BCUT2D eigenvalue weighted by molar-refractivity contribution is 5.86. The van der Waals surface area contributed by atoms with Gasteiger partial charge in [-0.25, -0.2) is 19.9 Å². The molecule has 83 heavy (non-hydrogen) atoms. The first kappa shape index (κ1) is 58.2. The molecule has 0 spiro atoms. The van der Waals surface area contributed by atoms with E-state index in [1.807, 2.05) is 237 Å². The molecule has 0 radical (unpaired) electrons. The Morgan fingerprint density at radius 3 is 1.13 bits per heavy atom. The number of esters is 2. The number of hydrogen-bond acceptors (Lipinski definition) is 10. The highest BCUT2D eigenvalue weighted by Crippen LogP contribution is 2.24. The number of aromatic nitrogens is 4. The van der Waals surface area contributed by atoms with Crippen LogP contribution >= 0.6 is 12.4 Å². The number of rotatable bonds is 8. The lowest BCUT2D eigenvalue weighted by Crippen LogP contribution is -2.02. The van der Waals surface area contributed by atoms with Crippen molar-refractivity contribution in [3.8, 4) is 34.8 Å². The smallest absolute Gasteiger partial charge is 0.308 e. The molecule has 0 amide bonds. The zero-order valence-electron chi connectivity index (χ0n) is 45.3. The van der Waals surface area contributed by atoms with Crippen LogP contribution in [0.5, 0.6) is 23.0 Å². The predicted molar refractivity (Wildman–Crippen MR) is 339 cm³/mol. The normalized spacial score (nSPS) is 10.6. The third-order valence-electron chi connectivity index (χ3n) is 12.3. The van der Waals surface area contributed by atoms with E-state index in [2.05, 4.69) is 31.8 Å². The number of halogens is 1. The van der Waals surface area contributed by atoms with Gasteiger partial charge in [0.05, 0.1) is 44.7 Å². The van der Waals surface area contributed by atoms with Gasteiger partial charge in [-0.2, -0.15) is 0 Å². The van der Waals surface area contributed by atoms with Gasteiger partial charge in [-0.05, 0) is 121 Å². The molecule has 0 aliphatic heterocycles. The molecule has 0 aliphatic carbocycles. The Balaban J connectivity index is 0.000000144. The number of pyridine rings is 4. The maximum absolute atomic E-state index is 11.1. The van der Waals surface area contributed by atoms with E-state index in [0.29, 0.717) is 22.8 Å². The fraction of sp³-hybridized carbons (Fsp3) is 0.0278. The van der Waals surface area contributed by atoms with Gasteiger partial charge in [0.15, 0.2) is 0 Å². The van der Waals surface area contributed by atoms with Gasteiger partial charge in [0.1, 0.15) is 28.7 Å². The Hall–Kier alpha value is -11.0. The lowest BCUT2D eigenvalue weighted by Gasteiger charge is -2.04. The van der Waals surface area contributed by atoms with Crippen molar-refractivity contribution < 1.29 is 29.3 Å². The van der Waals surface area contributed by atoms with Gasteiger partial charge in [0.2, 0.25) is 0 Å². The second-order valence-corrected chi connectivity index (χ2v) is 18.3. The van der Waals surface area contributed by atoms with Crippen LogP contribution in [0.25, 0.3) is 80.1 Å². The van der Waals surface area contributed by atoms with Crippen molar-refractivity contribution >= 4 is 104 Å². The van der Waals surface area contributed by atoms with Crippen LogP contribution in [0.2, 0.25) is 0 Å². The minimum Gasteiger partial charge on any atom is -0.507 e. The van der Waals surface area contributed by atoms with Gasteiger partial charge in [-0.1, -0.05) is 170 Å². The minimum atomic E-state index is -0.363. The van der Waals surface area contributed by atoms with Crippen LogP contribution in [-0.4, -0.2) is 42.1 Å². The predicted octanol–water partition coefficient (Wildman–Crippen LogP) is 16.5. The van der Waals surface area contributed by atoms with Crippen molar-refractivity contribution in [2.45, 2.75) is 13.8 Å². The van der Waals surface area contributed by atoms with Gasteiger partial charge in [0, 0.05) is 52.1 Å². The maximum atomic E-state index is 11.1. The summed E-state index contributed by atoms with van der Waals surface area (Å²) in [4.78, 5) is 40.4. The molecule has 0 atom stereocenters. The minimum absolute atomic E-state index is 0. The number of aromatic hydroxyl groups is 2. The maximum Gasteiger partial charge on any atom is 0.308 e. The number of ether oxygens (including phenoxy) is 2. The third-order valence-corrected chi connectivity index (χ3v) is 12.3. The van der Waals surface area contributed by atoms with Gasteiger partial charge < -0.3 is 19.7 Å². The number of carbonyl (C=O) groups is 2. The molecule has 0 saturated carbocycles. The molecule has 0 bridgehead atoms. The largest absolute Gasteiger partial charge is 0.507 e. The SMILES string of the molecule is CC(=O)Oc1ccccc1/C=C\c1ccc2ccccc2n1.CC(=O)Oc1ccccc1C#Cc1ccc2ccccc2n1.Cl.Oc1ccccc1/C=C\c1ccc2ccccc2n1.Oc1ccccc1/C=C\c1ccc2ccccc2n1. The summed E-state index contributed by atoms with van der Waals surface area (Å²) in [6.45, 7) is 2.76. The summed E-state index contributed by atoms with van der Waals surface area (Å²) in [5.41, 5.74) is 10.2. The monoisotopic (exact) mass is 1110 g/mol. The number of hydrogen-bond donors (Lipinski definition) is 2. The van der Waals surface area contributed by atoms with Crippen LogP contribution < -0.4 is 9.47 Å². The lowest BCUT2D eigenvalue weighted by molar-refractivity contribution is -0.132. The summed E-state index contributed by atoms with van der Waals surface area (Å²) in [6.07, 6.45) is 11.4. The zero-order valence-corrected chi connectivity index (χ0v) is 46.1. The average Bonchev–Trinajstić information content (AvgIpc) is 3.51. The summed E-state index contributed by atoms with van der Waals surface area (Å²) < 4.78 is 10.3. The Morgan fingerprint density at radius 1 is 0.349 bits per heavy atom. The summed E-state index contributed by atoms with van der Waals surface area (Å²) in [5.74, 6) is 6.90. The van der Waals surface area contributed by atoms with Crippen LogP contribution in [-0.2, 0) is 9.59 Å². The molecule has 0 aliphatic rings. The van der Waals surface area contributed by atoms with Crippen molar-refractivity contribution in [3.05, 3.63) is 288 Å². The third kappa shape index (κ3) is 17.0. The Morgan fingerprint density at radius 2 is 0.687 bits per heavy atom. The average molecular weight is 1110 g/mol. The quantitative estimate of drug-likeness (QED) is 0.0857. The molecular weight excluding hydrogens is 1050 g/mol. The highest BCUT2D eigenvalue weighted by atomic mass is 35.5. The van der Waals surface area contributed by atoms with E-state index < -0.39 is 0 Å². The Kier molecular flexibility index (Phi) is 20.5. The first-order chi connectivity index (χ1) is 40.1. The molecule has 12 rings (SSSR count). The van der Waals surface area contributed by atoms with Crippen molar-refractivity contribution in [2.24, 2.45) is 0 Å². The first-order valence-corrected chi connectivity index (χ1v) is 26.2. The van der Waals surface area contributed by atoms with Gasteiger partial charge >= 0.3 is 11.9 Å². The first-order valence-electron chi connectivity index (χ1n) is 26.2. The van der Waals surface area contributed by atoms with Crippen LogP contribution in [0.15, 0.2) is 243 Å². The van der Waals surface area contributed by atoms with E-state index >= 15 is 0 Å². The molecule has 2 N–H and O–H groups in total. The molecule has 12 aromatic rings. The summed E-state index contributed by atoms with van der Waals surface area (Å²) in [7, 11) is 0. The van der Waals surface area contributed by atoms with Crippen molar-refractivity contribution in [3.63, 3.8) is 0 Å². The van der Waals surface area contributed by atoms with Crippen molar-refractivity contribution in [2.75, 3.05) is 0 Å². The molecule has 0 saturated heterocycles. The molecule has 11 heteroatoms. The molecule has 406 valence electrons. The second kappa shape index (κ2) is 29.3. The zero-order chi connectivity index (χ0) is 56.9. The summed E-state index contributed by atoms with van der Waals surface area (Å²) in [5, 5.41) is 23.8. The Bertz CT molecular complexity index is 4240. The molecular formula is C72H55ClN4O6. The second-order valence-electron chi connectivity index (χ2n) is 18.3. The van der Waals surface area contributed by atoms with Crippen molar-refractivity contribution in [1.82, 2.24) is 19.9 Å². The van der Waals surface area contributed by atoms with E-state index in [1.54, 1.807) is 42.5 Å². The lowest BCUT2D eigenvalue weighted by atomic mass is 10.1. The standard InChI is InChI=1S/C19H15NO2.C19H13NO2.2C17H13NO.ClH/c2*1-14(21)22-19-9-5-3-7-16(19)11-13-17-12-10-15-6-2-4-8-18(15)20-17;2*19-17-8-4-2-6-14(17)10-12-15-11-9-13-5-1-3-7-16(13)18-15;/h2-13H,1H3;2-10,12H,1H3;2*1-12,19H;1H/b13-11-;;2*12-10-;. The molecule has 10 nitrogen and oxygen atoms in total. The van der Waals surface area contributed by atoms with E-state index in [1.165, 1.54) is 13.8 Å². The highest BCUT2D eigenvalue weighted by Gasteiger charge is 2.06. The van der Waals surface area contributed by atoms with Crippen LogP contribution in [0.4, 0.5) is 0 Å². The van der Waals surface area contributed by atoms with Crippen molar-refractivity contribution in [1.29, 1.82) is 0 Å². The van der Waals surface area contributed by atoms with E-state index in [9.17, 15) is 19.8 Å². The number of carbonyl (C=O) groups excluding carboxylic acids is 2. The van der Waals surface area contributed by atoms with Crippen LogP contribution in [0.1, 0.15) is 58.9 Å². The number of phenols is 2.